The number of carbonyl (C=O) groups excluding carboxylic acids is 2. The molecule has 3 aliphatic rings. The first-order valence-electron chi connectivity index (χ1n) is 12.6. The lowest BCUT2D eigenvalue weighted by Crippen LogP contribution is -2.52. The fourth-order valence-corrected chi connectivity index (χ4v) is 6.28. The maximum Gasteiger partial charge on any atom is 0.407 e. The second-order valence-corrected chi connectivity index (χ2v) is 10.2. The summed E-state index contributed by atoms with van der Waals surface area (Å²) in [4.78, 5) is 37.3. The quantitative estimate of drug-likeness (QED) is 0.542. The first-order valence-corrected chi connectivity index (χ1v) is 12.6. The number of carboxylic acid groups (broad SMARTS) is 1. The van der Waals surface area contributed by atoms with Crippen LogP contribution < -0.4 is 10.6 Å². The number of benzene rings is 2. The Balaban J connectivity index is 1.20. The van der Waals surface area contributed by atoms with Gasteiger partial charge in [0.2, 0.25) is 5.91 Å². The molecule has 0 bridgehead atoms. The summed E-state index contributed by atoms with van der Waals surface area (Å²) in [6.07, 6.45) is 4.83. The van der Waals surface area contributed by atoms with Gasteiger partial charge in [0.25, 0.3) is 0 Å². The van der Waals surface area contributed by atoms with Crippen molar-refractivity contribution in [1.29, 1.82) is 0 Å². The zero-order chi connectivity index (χ0) is 24.4. The van der Waals surface area contributed by atoms with Gasteiger partial charge in [-0.25, -0.2) is 4.79 Å². The predicted molar refractivity (Wildman–Crippen MR) is 131 cm³/mol. The second kappa shape index (κ2) is 9.72. The Morgan fingerprint density at radius 1 is 0.914 bits per heavy atom. The summed E-state index contributed by atoms with van der Waals surface area (Å²) in [7, 11) is 0. The zero-order valence-corrected chi connectivity index (χ0v) is 19.8. The van der Waals surface area contributed by atoms with Crippen molar-refractivity contribution < 1.29 is 24.2 Å². The van der Waals surface area contributed by atoms with Gasteiger partial charge in [0.05, 0.1) is 17.9 Å². The predicted octanol–water partition coefficient (Wildman–Crippen LogP) is 4.60. The Morgan fingerprint density at radius 2 is 1.54 bits per heavy atom. The average Bonchev–Trinajstić information content (AvgIpc) is 3.55. The van der Waals surface area contributed by atoms with Gasteiger partial charge in [0, 0.05) is 12.0 Å². The summed E-state index contributed by atoms with van der Waals surface area (Å²) < 4.78 is 5.68. The van der Waals surface area contributed by atoms with Crippen molar-refractivity contribution in [2.45, 2.75) is 68.9 Å². The van der Waals surface area contributed by atoms with Crippen LogP contribution in [0, 0.1) is 5.92 Å². The van der Waals surface area contributed by atoms with Crippen LogP contribution in [0.1, 0.15) is 68.4 Å². The lowest BCUT2D eigenvalue weighted by molar-refractivity contribution is -0.139. The third-order valence-corrected chi connectivity index (χ3v) is 7.94. The van der Waals surface area contributed by atoms with E-state index >= 15 is 0 Å². The number of hydrogen-bond donors (Lipinski definition) is 3. The standard InChI is InChI=1S/C28H32N2O5/c31-25(32)16-28(14-5-6-15-28)30-26(33)22-12-7-13-24(22)29-27(34)35-17-23-20-10-3-1-8-18(20)19-9-2-4-11-21(19)23/h1-4,8-11,22-24H,5-7,12-17H2,(H,29,34)(H,30,33)(H,31,32)/t22-,24+/m1/s1. The Labute approximate surface area is 205 Å². The van der Waals surface area contributed by atoms with Crippen molar-refractivity contribution in [2.24, 2.45) is 5.92 Å². The monoisotopic (exact) mass is 476 g/mol. The molecule has 0 saturated heterocycles. The normalized spacial score (nSPS) is 22.3. The summed E-state index contributed by atoms with van der Waals surface area (Å²) in [6.45, 7) is 0.227. The molecule has 2 atom stereocenters. The van der Waals surface area contributed by atoms with Gasteiger partial charge in [-0.05, 0) is 47.9 Å². The van der Waals surface area contributed by atoms with Gasteiger partial charge in [-0.2, -0.15) is 0 Å². The fraction of sp³-hybridized carbons (Fsp3) is 0.464. The molecule has 2 saturated carbocycles. The highest BCUT2D eigenvalue weighted by Gasteiger charge is 2.42. The van der Waals surface area contributed by atoms with E-state index in [0.717, 1.165) is 30.4 Å². The van der Waals surface area contributed by atoms with Crippen LogP contribution >= 0.6 is 0 Å². The highest BCUT2D eigenvalue weighted by atomic mass is 16.5. The maximum absolute atomic E-state index is 13.1. The molecule has 3 N–H and O–H groups in total. The van der Waals surface area contributed by atoms with Crippen molar-refractivity contribution in [3.63, 3.8) is 0 Å². The van der Waals surface area contributed by atoms with Crippen molar-refractivity contribution in [3.05, 3.63) is 59.7 Å². The minimum Gasteiger partial charge on any atom is -0.481 e. The van der Waals surface area contributed by atoms with Crippen LogP contribution in [0.5, 0.6) is 0 Å². The molecule has 35 heavy (non-hydrogen) atoms. The first-order chi connectivity index (χ1) is 17.0. The van der Waals surface area contributed by atoms with Crippen molar-refractivity contribution in [3.8, 4) is 11.1 Å². The van der Waals surface area contributed by atoms with Crippen LogP contribution in [0.15, 0.2) is 48.5 Å². The van der Waals surface area contributed by atoms with Crippen LogP contribution in [-0.2, 0) is 14.3 Å². The van der Waals surface area contributed by atoms with E-state index in [2.05, 4.69) is 34.9 Å². The molecule has 184 valence electrons. The Bertz CT molecular complexity index is 1080. The lowest BCUT2D eigenvalue weighted by atomic mass is 9.91. The number of carboxylic acids is 1. The number of carbonyl (C=O) groups is 3. The number of alkyl carbamates (subject to hydrolysis) is 1. The van der Waals surface area contributed by atoms with Crippen LogP contribution in [0.2, 0.25) is 0 Å². The fourth-order valence-electron chi connectivity index (χ4n) is 6.28. The molecule has 7 nitrogen and oxygen atoms in total. The zero-order valence-electron chi connectivity index (χ0n) is 19.8. The molecule has 2 amide bonds. The van der Waals surface area contributed by atoms with E-state index in [0.29, 0.717) is 25.7 Å². The Morgan fingerprint density at radius 3 is 2.17 bits per heavy atom. The molecular formula is C28H32N2O5. The number of hydrogen-bond acceptors (Lipinski definition) is 4. The molecular weight excluding hydrogens is 444 g/mol. The topological polar surface area (TPSA) is 105 Å². The van der Waals surface area contributed by atoms with Crippen LogP contribution in [0.3, 0.4) is 0 Å². The molecule has 0 aromatic heterocycles. The van der Waals surface area contributed by atoms with Gasteiger partial charge < -0.3 is 20.5 Å². The van der Waals surface area contributed by atoms with Crippen molar-refractivity contribution in [1.82, 2.24) is 10.6 Å². The molecule has 0 radical (unpaired) electrons. The van der Waals surface area contributed by atoms with Crippen LogP contribution in [-0.4, -0.2) is 41.3 Å². The molecule has 2 fully saturated rings. The summed E-state index contributed by atoms with van der Waals surface area (Å²) >= 11 is 0. The number of amides is 2. The number of ether oxygens (including phenoxy) is 1. The molecule has 5 rings (SSSR count). The van der Waals surface area contributed by atoms with E-state index in [9.17, 15) is 19.5 Å². The third kappa shape index (κ3) is 4.77. The third-order valence-electron chi connectivity index (χ3n) is 7.94. The smallest absolute Gasteiger partial charge is 0.407 e. The van der Waals surface area contributed by atoms with Crippen molar-refractivity contribution in [2.75, 3.05) is 6.61 Å². The van der Waals surface area contributed by atoms with E-state index in [1.807, 2.05) is 24.3 Å². The van der Waals surface area contributed by atoms with Gasteiger partial charge in [0.1, 0.15) is 6.61 Å². The number of aliphatic carboxylic acids is 1. The molecule has 0 spiro atoms. The molecule has 0 unspecified atom stereocenters. The SMILES string of the molecule is O=C(O)CC1(NC(=O)[C@@H]2CCC[C@@H]2NC(=O)OCC2c3ccccc3-c3ccccc32)CCCC1. The number of nitrogens with one attached hydrogen (secondary N) is 2. The molecule has 3 aliphatic carbocycles. The maximum atomic E-state index is 13.1. The minimum absolute atomic E-state index is 0.0194. The summed E-state index contributed by atoms with van der Waals surface area (Å²) in [5, 5.41) is 15.3. The average molecular weight is 477 g/mol. The van der Waals surface area contributed by atoms with Crippen molar-refractivity contribution >= 4 is 18.0 Å². The van der Waals surface area contributed by atoms with Gasteiger partial charge in [-0.3, -0.25) is 9.59 Å². The summed E-state index contributed by atoms with van der Waals surface area (Å²) in [5.41, 5.74) is 3.98. The molecule has 0 heterocycles. The van der Waals surface area contributed by atoms with Crippen LogP contribution in [0.4, 0.5) is 4.79 Å². The van der Waals surface area contributed by atoms with E-state index < -0.39 is 17.6 Å². The van der Waals surface area contributed by atoms with Crippen LogP contribution in [0.25, 0.3) is 11.1 Å². The van der Waals surface area contributed by atoms with E-state index in [4.69, 9.17) is 4.74 Å². The largest absolute Gasteiger partial charge is 0.481 e. The highest BCUT2D eigenvalue weighted by molar-refractivity contribution is 5.83. The van der Waals surface area contributed by atoms with Gasteiger partial charge in [0.15, 0.2) is 0 Å². The highest BCUT2D eigenvalue weighted by Crippen LogP contribution is 2.44. The first kappa shape index (κ1) is 23.4. The minimum atomic E-state index is -0.896. The number of rotatable bonds is 7. The summed E-state index contributed by atoms with van der Waals surface area (Å²) in [6, 6.07) is 16.1. The summed E-state index contributed by atoms with van der Waals surface area (Å²) in [5.74, 6) is -1.45. The molecule has 7 heteroatoms. The van der Waals surface area contributed by atoms with E-state index in [1.165, 1.54) is 11.1 Å². The molecule has 0 aliphatic heterocycles. The van der Waals surface area contributed by atoms with E-state index in [-0.39, 0.29) is 36.8 Å². The lowest BCUT2D eigenvalue weighted by Gasteiger charge is -2.31. The van der Waals surface area contributed by atoms with Gasteiger partial charge >= 0.3 is 12.1 Å². The van der Waals surface area contributed by atoms with E-state index in [1.54, 1.807) is 0 Å². The Hall–Kier alpha value is -3.35. The van der Waals surface area contributed by atoms with Gasteiger partial charge in [-0.1, -0.05) is 67.8 Å². The van der Waals surface area contributed by atoms with Gasteiger partial charge in [-0.15, -0.1) is 0 Å². The molecule has 2 aromatic rings. The second-order valence-electron chi connectivity index (χ2n) is 10.2. The molecule has 2 aromatic carbocycles. The number of fused-ring (bicyclic) bond motifs is 3. The Kier molecular flexibility index (Phi) is 6.50.